The topological polar surface area (TPSA) is 67.3 Å². The van der Waals surface area contributed by atoms with Crippen molar-refractivity contribution < 1.29 is 9.84 Å². The van der Waals surface area contributed by atoms with Crippen molar-refractivity contribution in [1.82, 2.24) is 15.3 Å². The first-order valence-corrected chi connectivity index (χ1v) is 6.95. The van der Waals surface area contributed by atoms with Gasteiger partial charge < -0.3 is 15.2 Å². The molecule has 0 aliphatic rings. The molecule has 0 radical (unpaired) electrons. The number of methoxy groups -OCH3 is 1. The first kappa shape index (κ1) is 15.4. The van der Waals surface area contributed by atoms with Gasteiger partial charge >= 0.3 is 0 Å². The third-order valence-electron chi connectivity index (χ3n) is 3.33. The number of aromatic nitrogens is 2. The van der Waals surface area contributed by atoms with Crippen LogP contribution in [0.3, 0.4) is 0 Å². The highest BCUT2D eigenvalue weighted by atomic mass is 16.5. The average molecular weight is 287 g/mol. The number of ether oxygens (including phenoxy) is 1. The number of benzene rings is 1. The summed E-state index contributed by atoms with van der Waals surface area (Å²) in [5.74, 6) is 0.928. The summed E-state index contributed by atoms with van der Waals surface area (Å²) in [4.78, 5) is 9.14. The Labute approximate surface area is 125 Å². The number of nitrogens with one attached hydrogen (secondary N) is 1. The van der Waals surface area contributed by atoms with Crippen molar-refractivity contribution in [1.29, 1.82) is 0 Å². The van der Waals surface area contributed by atoms with Gasteiger partial charge in [-0.1, -0.05) is 0 Å². The smallest absolute Gasteiger partial charge is 0.159 e. The van der Waals surface area contributed by atoms with Gasteiger partial charge in [0.2, 0.25) is 0 Å². The Bertz CT molecular complexity index is 574. The zero-order chi connectivity index (χ0) is 15.2. The summed E-state index contributed by atoms with van der Waals surface area (Å²) in [6, 6.07) is 6.92. The van der Waals surface area contributed by atoms with Crippen LogP contribution in [0.2, 0.25) is 0 Å². The lowest BCUT2D eigenvalue weighted by Gasteiger charge is -2.12. The standard InChI is InChI=1S/C16H21N3O2/c1-11-15(10-17-8-9-21-3)12(2)19-16(18-11)13-4-6-14(20)7-5-13/h4-7,17,20H,8-10H2,1-3H3. The molecule has 5 nitrogen and oxygen atoms in total. The number of aromatic hydroxyl groups is 1. The number of rotatable bonds is 6. The van der Waals surface area contributed by atoms with E-state index in [2.05, 4.69) is 15.3 Å². The summed E-state index contributed by atoms with van der Waals surface area (Å²) in [6.07, 6.45) is 0. The van der Waals surface area contributed by atoms with Gasteiger partial charge in [0, 0.05) is 42.7 Å². The zero-order valence-corrected chi connectivity index (χ0v) is 12.7. The van der Waals surface area contributed by atoms with Gasteiger partial charge in [0.05, 0.1) is 6.61 Å². The van der Waals surface area contributed by atoms with E-state index in [9.17, 15) is 5.11 Å². The van der Waals surface area contributed by atoms with E-state index in [4.69, 9.17) is 4.74 Å². The van der Waals surface area contributed by atoms with Gasteiger partial charge in [-0.2, -0.15) is 0 Å². The molecular formula is C16H21N3O2. The maximum Gasteiger partial charge on any atom is 0.159 e. The molecule has 0 fully saturated rings. The van der Waals surface area contributed by atoms with Gasteiger partial charge in [0.1, 0.15) is 5.75 Å². The number of phenolic OH excluding ortho intramolecular Hbond substituents is 1. The molecule has 2 rings (SSSR count). The third-order valence-corrected chi connectivity index (χ3v) is 3.33. The molecule has 2 N–H and O–H groups in total. The summed E-state index contributed by atoms with van der Waals surface area (Å²) in [7, 11) is 1.69. The van der Waals surface area contributed by atoms with Crippen LogP contribution in [0.4, 0.5) is 0 Å². The summed E-state index contributed by atoms with van der Waals surface area (Å²) < 4.78 is 5.01. The molecule has 0 amide bonds. The van der Waals surface area contributed by atoms with E-state index in [1.54, 1.807) is 19.2 Å². The van der Waals surface area contributed by atoms with E-state index < -0.39 is 0 Å². The van der Waals surface area contributed by atoms with Crippen molar-refractivity contribution in [2.45, 2.75) is 20.4 Å². The normalized spacial score (nSPS) is 10.8. The second-order valence-corrected chi connectivity index (χ2v) is 4.91. The molecule has 0 aliphatic carbocycles. The molecular weight excluding hydrogens is 266 g/mol. The first-order chi connectivity index (χ1) is 10.1. The van der Waals surface area contributed by atoms with Crippen LogP contribution in [0, 0.1) is 13.8 Å². The molecule has 1 aromatic carbocycles. The first-order valence-electron chi connectivity index (χ1n) is 6.95. The number of nitrogens with zero attached hydrogens (tertiary/aromatic N) is 2. The molecule has 0 atom stereocenters. The fourth-order valence-corrected chi connectivity index (χ4v) is 2.12. The van der Waals surface area contributed by atoms with Crippen LogP contribution in [0.5, 0.6) is 5.75 Å². The predicted molar refractivity (Wildman–Crippen MR) is 82.2 cm³/mol. The van der Waals surface area contributed by atoms with E-state index >= 15 is 0 Å². The maximum atomic E-state index is 9.34. The Balaban J connectivity index is 2.18. The minimum Gasteiger partial charge on any atom is -0.508 e. The molecule has 21 heavy (non-hydrogen) atoms. The molecule has 1 aromatic heterocycles. The fourth-order valence-electron chi connectivity index (χ4n) is 2.12. The number of phenols is 1. The van der Waals surface area contributed by atoms with Gasteiger partial charge in [0.25, 0.3) is 0 Å². The molecule has 0 bridgehead atoms. The molecule has 0 aliphatic heterocycles. The highest BCUT2D eigenvalue weighted by Crippen LogP contribution is 2.21. The lowest BCUT2D eigenvalue weighted by Crippen LogP contribution is -2.20. The van der Waals surface area contributed by atoms with Crippen LogP contribution in [0.25, 0.3) is 11.4 Å². The summed E-state index contributed by atoms with van der Waals surface area (Å²) in [5.41, 5.74) is 3.96. The van der Waals surface area contributed by atoms with Gasteiger partial charge in [-0.25, -0.2) is 9.97 Å². The Hall–Kier alpha value is -1.98. The number of aryl methyl sites for hydroxylation is 2. The van der Waals surface area contributed by atoms with Crippen LogP contribution >= 0.6 is 0 Å². The van der Waals surface area contributed by atoms with Gasteiger partial charge in [-0.3, -0.25) is 0 Å². The van der Waals surface area contributed by atoms with E-state index in [1.165, 1.54) is 0 Å². The summed E-state index contributed by atoms with van der Waals surface area (Å²) >= 11 is 0. The molecule has 112 valence electrons. The van der Waals surface area contributed by atoms with Crippen LogP contribution in [-0.2, 0) is 11.3 Å². The third kappa shape index (κ3) is 4.00. The van der Waals surface area contributed by atoms with Crippen molar-refractivity contribution in [2.24, 2.45) is 0 Å². The van der Waals surface area contributed by atoms with E-state index in [-0.39, 0.29) is 5.75 Å². The second-order valence-electron chi connectivity index (χ2n) is 4.91. The Morgan fingerprint density at radius 2 is 1.71 bits per heavy atom. The second kappa shape index (κ2) is 7.15. The van der Waals surface area contributed by atoms with Gasteiger partial charge in [-0.05, 0) is 38.1 Å². The average Bonchev–Trinajstić information content (AvgIpc) is 2.46. The maximum absolute atomic E-state index is 9.34. The minimum atomic E-state index is 0.242. The van der Waals surface area contributed by atoms with Crippen LogP contribution < -0.4 is 5.32 Å². The number of hydrogen-bond acceptors (Lipinski definition) is 5. The van der Waals surface area contributed by atoms with E-state index in [1.807, 2.05) is 26.0 Å². The van der Waals surface area contributed by atoms with Crippen molar-refractivity contribution >= 4 is 0 Å². The van der Waals surface area contributed by atoms with Crippen molar-refractivity contribution in [3.8, 4) is 17.1 Å². The highest BCUT2D eigenvalue weighted by molar-refractivity contribution is 5.56. The summed E-state index contributed by atoms with van der Waals surface area (Å²) in [5, 5.41) is 12.7. The largest absolute Gasteiger partial charge is 0.508 e. The Morgan fingerprint density at radius 1 is 1.10 bits per heavy atom. The predicted octanol–water partition coefficient (Wildman–Crippen LogP) is 2.20. The molecule has 0 spiro atoms. The molecule has 0 saturated carbocycles. The molecule has 2 aromatic rings. The SMILES string of the molecule is COCCNCc1c(C)nc(-c2ccc(O)cc2)nc1C. The summed E-state index contributed by atoms with van der Waals surface area (Å²) in [6.45, 7) is 6.20. The molecule has 5 heteroatoms. The molecule has 0 unspecified atom stereocenters. The van der Waals surface area contributed by atoms with E-state index in [0.717, 1.165) is 35.6 Å². The Morgan fingerprint density at radius 3 is 2.29 bits per heavy atom. The van der Waals surface area contributed by atoms with Crippen LogP contribution in [-0.4, -0.2) is 35.3 Å². The van der Waals surface area contributed by atoms with Crippen LogP contribution in [0.15, 0.2) is 24.3 Å². The van der Waals surface area contributed by atoms with Gasteiger partial charge in [0.15, 0.2) is 5.82 Å². The van der Waals surface area contributed by atoms with Gasteiger partial charge in [-0.15, -0.1) is 0 Å². The van der Waals surface area contributed by atoms with Crippen molar-refractivity contribution in [2.75, 3.05) is 20.3 Å². The monoisotopic (exact) mass is 287 g/mol. The zero-order valence-electron chi connectivity index (χ0n) is 12.7. The quantitative estimate of drug-likeness (QED) is 0.797. The fraction of sp³-hybridized carbons (Fsp3) is 0.375. The highest BCUT2D eigenvalue weighted by Gasteiger charge is 2.09. The minimum absolute atomic E-state index is 0.242. The van der Waals surface area contributed by atoms with Crippen molar-refractivity contribution in [3.05, 3.63) is 41.2 Å². The number of hydrogen-bond donors (Lipinski definition) is 2. The van der Waals surface area contributed by atoms with E-state index in [0.29, 0.717) is 12.4 Å². The van der Waals surface area contributed by atoms with Crippen molar-refractivity contribution in [3.63, 3.8) is 0 Å². The lowest BCUT2D eigenvalue weighted by atomic mass is 10.1. The Kier molecular flexibility index (Phi) is 5.25. The molecule has 0 saturated heterocycles. The van der Waals surface area contributed by atoms with Crippen LogP contribution in [0.1, 0.15) is 17.0 Å². The lowest BCUT2D eigenvalue weighted by molar-refractivity contribution is 0.199. The molecule has 1 heterocycles.